The summed E-state index contributed by atoms with van der Waals surface area (Å²) in [6, 6.07) is 8.85. The number of fused-ring (bicyclic) bond motifs is 1. The number of hydrogen-bond donors (Lipinski definition) is 1. The summed E-state index contributed by atoms with van der Waals surface area (Å²) in [4.78, 5) is 0. The molecular weight excluding hydrogens is 426 g/mol. The third-order valence-electron chi connectivity index (χ3n) is 4.40. The molecule has 3 rings (SSSR count). The molecule has 156 valence electrons. The Bertz CT molecular complexity index is 776. The molecule has 1 aromatic rings. The summed E-state index contributed by atoms with van der Waals surface area (Å²) in [5.74, 6) is 0. The molecule has 0 saturated carbocycles. The Hall–Kier alpha value is -0.790. The van der Waals surface area contributed by atoms with E-state index in [1.807, 2.05) is 36.6 Å². The van der Waals surface area contributed by atoms with Crippen molar-refractivity contribution in [1.29, 1.82) is 0 Å². The molecule has 0 aliphatic carbocycles. The lowest BCUT2D eigenvalue weighted by atomic mass is 9.95. The number of nitrogens with one attached hydrogen (secondary N) is 1. The Kier molecular flexibility index (Phi) is 7.32. The average Bonchev–Trinajstić information content (AvgIpc) is 2.68. The van der Waals surface area contributed by atoms with Crippen molar-refractivity contribution in [3.05, 3.63) is 35.9 Å². The van der Waals surface area contributed by atoms with Crippen LogP contribution in [0.15, 0.2) is 30.3 Å². The number of benzene rings is 1. The Morgan fingerprint density at radius 1 is 1.29 bits per heavy atom. The number of hydrogen-bond acceptors (Lipinski definition) is 9. The smallest absolute Gasteiger partial charge is 0.264 e. The van der Waals surface area contributed by atoms with Crippen LogP contribution in [0.3, 0.4) is 0 Å². The summed E-state index contributed by atoms with van der Waals surface area (Å²) in [5, 5.41) is 3.14. The van der Waals surface area contributed by atoms with Gasteiger partial charge < -0.3 is 24.3 Å². The van der Waals surface area contributed by atoms with Crippen LogP contribution in [-0.4, -0.2) is 69.6 Å². The number of methoxy groups -OCH3 is 1. The third-order valence-corrected chi connectivity index (χ3v) is 6.08. The maximum absolute atomic E-state index is 11.8. The predicted molar refractivity (Wildman–Crippen MR) is 108 cm³/mol. The van der Waals surface area contributed by atoms with Gasteiger partial charge in [0, 0.05) is 12.7 Å². The van der Waals surface area contributed by atoms with Gasteiger partial charge >= 0.3 is 0 Å². The third kappa shape index (κ3) is 5.22. The maximum Gasteiger partial charge on any atom is 0.264 e. The van der Waals surface area contributed by atoms with E-state index in [1.165, 1.54) is 18.9 Å². The van der Waals surface area contributed by atoms with Gasteiger partial charge in [0.2, 0.25) is 0 Å². The predicted octanol–water partition coefficient (Wildman–Crippen LogP) is 1.42. The minimum atomic E-state index is -3.78. The number of thioether (sulfide) groups is 1. The van der Waals surface area contributed by atoms with Gasteiger partial charge in [0.15, 0.2) is 18.7 Å². The van der Waals surface area contributed by atoms with Crippen molar-refractivity contribution in [3.63, 3.8) is 0 Å². The molecule has 2 saturated heterocycles. The van der Waals surface area contributed by atoms with Gasteiger partial charge in [-0.15, -0.1) is 11.8 Å². The van der Waals surface area contributed by atoms with Crippen molar-refractivity contribution in [1.82, 2.24) is 5.32 Å². The zero-order valence-corrected chi connectivity index (χ0v) is 18.1. The Balaban J connectivity index is 1.90. The molecule has 1 aromatic carbocycles. The summed E-state index contributed by atoms with van der Waals surface area (Å²) in [6.07, 6.45) is -0.776. The molecule has 0 radical (unpaired) electrons. The molecule has 6 atom stereocenters. The molecule has 2 aliphatic heterocycles. The van der Waals surface area contributed by atoms with Crippen LogP contribution in [-0.2, 0) is 33.2 Å². The van der Waals surface area contributed by atoms with E-state index in [-0.39, 0.29) is 6.61 Å². The first-order valence-electron chi connectivity index (χ1n) is 8.55. The summed E-state index contributed by atoms with van der Waals surface area (Å²) in [6.45, 7) is 0.250. The Labute approximate surface area is 174 Å². The van der Waals surface area contributed by atoms with Crippen LogP contribution in [0.1, 0.15) is 11.9 Å². The second kappa shape index (κ2) is 9.35. The van der Waals surface area contributed by atoms with Gasteiger partial charge in [-0.25, -0.2) is 0 Å². The molecule has 0 aromatic heterocycles. The summed E-state index contributed by atoms with van der Waals surface area (Å²) >= 11 is 6.63. The number of ether oxygens (including phenoxy) is 4. The minimum Gasteiger partial charge on any atom is -0.363 e. The molecule has 0 amide bonds. The lowest BCUT2D eigenvalue weighted by Crippen LogP contribution is -2.67. The van der Waals surface area contributed by atoms with Gasteiger partial charge in [-0.05, 0) is 6.26 Å². The van der Waals surface area contributed by atoms with E-state index in [1.54, 1.807) is 0 Å². The standard InChI is InChI=1S/C17H23NO7S3/c1-21-16-14(25-28(3,19)20)12(18-17(26)27-2)13-11(23-16)9-22-15(24-13)10-7-5-4-6-8-10/h4-8,11-16H,9H2,1-3H3,(H,18,26). The van der Waals surface area contributed by atoms with Crippen molar-refractivity contribution in [2.24, 2.45) is 0 Å². The van der Waals surface area contributed by atoms with Crippen LogP contribution in [0.5, 0.6) is 0 Å². The highest BCUT2D eigenvalue weighted by Crippen LogP contribution is 2.35. The van der Waals surface area contributed by atoms with E-state index in [2.05, 4.69) is 5.32 Å². The fraction of sp³-hybridized carbons (Fsp3) is 0.588. The van der Waals surface area contributed by atoms with Gasteiger partial charge in [0.1, 0.15) is 16.5 Å². The van der Waals surface area contributed by atoms with E-state index in [0.29, 0.717) is 4.32 Å². The van der Waals surface area contributed by atoms with Gasteiger partial charge in [0.25, 0.3) is 10.1 Å². The van der Waals surface area contributed by atoms with Crippen LogP contribution >= 0.6 is 24.0 Å². The Morgan fingerprint density at radius 3 is 2.61 bits per heavy atom. The van der Waals surface area contributed by atoms with E-state index in [0.717, 1.165) is 11.8 Å². The molecule has 1 N–H and O–H groups in total. The normalized spacial score (nSPS) is 33.1. The quantitative estimate of drug-likeness (QED) is 0.526. The second-order valence-corrected chi connectivity index (χ2v) is 9.47. The Morgan fingerprint density at radius 2 is 2.00 bits per heavy atom. The van der Waals surface area contributed by atoms with E-state index >= 15 is 0 Å². The maximum atomic E-state index is 11.8. The van der Waals surface area contributed by atoms with Gasteiger partial charge in [-0.3, -0.25) is 4.18 Å². The monoisotopic (exact) mass is 449 g/mol. The topological polar surface area (TPSA) is 92.3 Å². The molecule has 2 fully saturated rings. The first-order chi connectivity index (χ1) is 13.3. The highest BCUT2D eigenvalue weighted by Gasteiger charge is 2.52. The van der Waals surface area contributed by atoms with Gasteiger partial charge in [-0.2, -0.15) is 8.42 Å². The van der Waals surface area contributed by atoms with Crippen LogP contribution < -0.4 is 5.32 Å². The molecule has 2 heterocycles. The van der Waals surface area contributed by atoms with Crippen molar-refractivity contribution in [2.75, 3.05) is 26.2 Å². The molecule has 0 bridgehead atoms. The minimum absolute atomic E-state index is 0.250. The molecule has 8 nitrogen and oxygen atoms in total. The van der Waals surface area contributed by atoms with Crippen LogP contribution in [0.2, 0.25) is 0 Å². The summed E-state index contributed by atoms with van der Waals surface area (Å²) in [7, 11) is -2.36. The fourth-order valence-corrected chi connectivity index (χ4v) is 4.23. The molecule has 11 heteroatoms. The van der Waals surface area contributed by atoms with E-state index < -0.39 is 47.1 Å². The molecule has 0 spiro atoms. The largest absolute Gasteiger partial charge is 0.363 e. The van der Waals surface area contributed by atoms with Crippen molar-refractivity contribution in [3.8, 4) is 0 Å². The van der Waals surface area contributed by atoms with Crippen molar-refractivity contribution < 1.29 is 31.5 Å². The molecule has 28 heavy (non-hydrogen) atoms. The first kappa shape index (κ1) is 21.9. The summed E-state index contributed by atoms with van der Waals surface area (Å²) in [5.41, 5.74) is 0.849. The molecular formula is C17H23NO7S3. The highest BCUT2D eigenvalue weighted by molar-refractivity contribution is 8.22. The number of rotatable bonds is 5. The van der Waals surface area contributed by atoms with Crippen molar-refractivity contribution in [2.45, 2.75) is 36.9 Å². The van der Waals surface area contributed by atoms with E-state index in [9.17, 15) is 8.42 Å². The highest BCUT2D eigenvalue weighted by atomic mass is 32.2. The fourth-order valence-electron chi connectivity index (χ4n) is 3.23. The van der Waals surface area contributed by atoms with Gasteiger partial charge in [0.05, 0.1) is 18.9 Å². The van der Waals surface area contributed by atoms with E-state index in [4.69, 9.17) is 35.3 Å². The van der Waals surface area contributed by atoms with Gasteiger partial charge in [-0.1, -0.05) is 42.5 Å². The van der Waals surface area contributed by atoms with Crippen LogP contribution in [0, 0.1) is 0 Å². The van der Waals surface area contributed by atoms with Crippen LogP contribution in [0.25, 0.3) is 0 Å². The molecule has 2 aliphatic rings. The summed E-state index contributed by atoms with van der Waals surface area (Å²) < 4.78 is 52.7. The SMILES string of the molecule is COC1OC2COC(c3ccccc3)OC2C(NC(=S)SC)C1OS(C)(=O)=O. The van der Waals surface area contributed by atoms with Crippen molar-refractivity contribution >= 4 is 38.4 Å². The average molecular weight is 450 g/mol. The van der Waals surface area contributed by atoms with Crippen LogP contribution in [0.4, 0.5) is 0 Å². The molecule has 6 unspecified atom stereocenters. The number of thiocarbonyl (C=S) groups is 1. The second-order valence-electron chi connectivity index (χ2n) is 6.38. The zero-order chi connectivity index (χ0) is 20.3. The lowest BCUT2D eigenvalue weighted by Gasteiger charge is -2.48. The lowest BCUT2D eigenvalue weighted by molar-refractivity contribution is -0.336. The zero-order valence-electron chi connectivity index (χ0n) is 15.6. The first-order valence-corrected chi connectivity index (χ1v) is 12.0.